The van der Waals surface area contributed by atoms with Crippen LogP contribution in [0.4, 0.5) is 0 Å². The Morgan fingerprint density at radius 3 is 2.75 bits per heavy atom. The first-order valence-electron chi connectivity index (χ1n) is 7.69. The first kappa shape index (κ1) is 16.9. The van der Waals surface area contributed by atoms with Crippen LogP contribution in [0.25, 0.3) is 11.0 Å². The summed E-state index contributed by atoms with van der Waals surface area (Å²) in [5.74, 6) is -0.261. The molecule has 124 valence electrons. The number of para-hydroxylation sites is 2. The predicted octanol–water partition coefficient (Wildman–Crippen LogP) is 4.48. The number of benzene rings is 2. The summed E-state index contributed by atoms with van der Waals surface area (Å²) >= 11 is 7.60. The van der Waals surface area contributed by atoms with Gasteiger partial charge in [0.2, 0.25) is 0 Å². The van der Waals surface area contributed by atoms with Crippen molar-refractivity contribution in [1.82, 2.24) is 9.97 Å². The quantitative estimate of drug-likeness (QED) is 0.520. The van der Waals surface area contributed by atoms with Crippen molar-refractivity contribution in [3.05, 3.63) is 59.1 Å². The Bertz CT molecular complexity index is 817. The van der Waals surface area contributed by atoms with Gasteiger partial charge in [-0.1, -0.05) is 53.7 Å². The van der Waals surface area contributed by atoms with Gasteiger partial charge in [-0.15, -0.1) is 0 Å². The van der Waals surface area contributed by atoms with Crippen LogP contribution in [0, 0.1) is 0 Å². The van der Waals surface area contributed by atoms with Crippen molar-refractivity contribution in [3.8, 4) is 0 Å². The number of carbonyl (C=O) groups is 1. The van der Waals surface area contributed by atoms with Crippen LogP contribution >= 0.6 is 23.4 Å². The Kier molecular flexibility index (Phi) is 5.43. The Morgan fingerprint density at radius 2 is 2.00 bits per heavy atom. The molecule has 3 rings (SSSR count). The standard InChI is InChI=1S/C18H17ClN2O2S/c1-2-23-17(22)16(11-12-7-3-4-8-13(12)19)24-18-20-14-9-5-6-10-15(14)21-18/h3-10,16H,2,11H2,1H3,(H,20,21)/t16-/m0/s1. The zero-order chi connectivity index (χ0) is 16.9. The number of nitrogens with zero attached hydrogens (tertiary/aromatic N) is 1. The molecule has 0 amide bonds. The smallest absolute Gasteiger partial charge is 0.319 e. The number of hydrogen-bond donors (Lipinski definition) is 1. The maximum Gasteiger partial charge on any atom is 0.319 e. The van der Waals surface area contributed by atoms with E-state index in [0.717, 1.165) is 16.6 Å². The average molecular weight is 361 g/mol. The maximum atomic E-state index is 12.4. The second kappa shape index (κ2) is 7.73. The molecule has 0 saturated carbocycles. The Labute approximate surface area is 149 Å². The van der Waals surface area contributed by atoms with Crippen LogP contribution in [0.1, 0.15) is 12.5 Å². The van der Waals surface area contributed by atoms with Crippen LogP contribution in [0.3, 0.4) is 0 Å². The highest BCUT2D eigenvalue weighted by atomic mass is 35.5. The number of imidazole rings is 1. The van der Waals surface area contributed by atoms with Crippen molar-refractivity contribution < 1.29 is 9.53 Å². The van der Waals surface area contributed by atoms with Gasteiger partial charge in [0.25, 0.3) is 0 Å². The molecule has 0 fully saturated rings. The van der Waals surface area contributed by atoms with Crippen molar-refractivity contribution in [2.75, 3.05) is 6.61 Å². The molecule has 0 radical (unpaired) electrons. The van der Waals surface area contributed by atoms with E-state index in [1.807, 2.05) is 48.5 Å². The van der Waals surface area contributed by atoms with Gasteiger partial charge in [-0.3, -0.25) is 4.79 Å². The number of aromatic nitrogens is 2. The highest BCUT2D eigenvalue weighted by Gasteiger charge is 2.24. The van der Waals surface area contributed by atoms with Crippen LogP contribution in [0.2, 0.25) is 5.02 Å². The molecular weight excluding hydrogens is 344 g/mol. The third-order valence-corrected chi connectivity index (χ3v) is 4.96. The van der Waals surface area contributed by atoms with Crippen molar-refractivity contribution in [2.24, 2.45) is 0 Å². The second-order valence-electron chi connectivity index (χ2n) is 5.21. The number of aromatic amines is 1. The second-order valence-corrected chi connectivity index (χ2v) is 6.81. The highest BCUT2D eigenvalue weighted by molar-refractivity contribution is 8.00. The van der Waals surface area contributed by atoms with E-state index in [4.69, 9.17) is 16.3 Å². The Morgan fingerprint density at radius 1 is 1.25 bits per heavy atom. The molecule has 2 aromatic carbocycles. The van der Waals surface area contributed by atoms with Gasteiger partial charge >= 0.3 is 5.97 Å². The Balaban J connectivity index is 1.84. The number of rotatable bonds is 6. The average Bonchev–Trinajstić information content (AvgIpc) is 2.99. The number of ether oxygens (including phenoxy) is 1. The van der Waals surface area contributed by atoms with Crippen LogP contribution in [-0.4, -0.2) is 27.8 Å². The summed E-state index contributed by atoms with van der Waals surface area (Å²) in [6.07, 6.45) is 0.486. The third kappa shape index (κ3) is 3.91. The zero-order valence-corrected chi connectivity index (χ0v) is 14.7. The van der Waals surface area contributed by atoms with Gasteiger partial charge in [-0.05, 0) is 37.1 Å². The van der Waals surface area contributed by atoms with Gasteiger partial charge in [0.15, 0.2) is 5.16 Å². The van der Waals surface area contributed by atoms with Crippen LogP contribution in [0.15, 0.2) is 53.7 Å². The van der Waals surface area contributed by atoms with E-state index in [2.05, 4.69) is 9.97 Å². The molecule has 1 N–H and O–H groups in total. The number of nitrogens with one attached hydrogen (secondary N) is 1. The first-order valence-corrected chi connectivity index (χ1v) is 8.94. The lowest BCUT2D eigenvalue weighted by Crippen LogP contribution is -2.23. The molecule has 1 atom stereocenters. The molecule has 4 nitrogen and oxygen atoms in total. The summed E-state index contributed by atoms with van der Waals surface area (Å²) in [6.45, 7) is 2.15. The van der Waals surface area contributed by atoms with Crippen LogP contribution in [-0.2, 0) is 16.0 Å². The molecular formula is C18H17ClN2O2S. The molecule has 0 aliphatic heterocycles. The summed E-state index contributed by atoms with van der Waals surface area (Å²) < 4.78 is 5.22. The highest BCUT2D eigenvalue weighted by Crippen LogP contribution is 2.28. The number of thioether (sulfide) groups is 1. The van der Waals surface area contributed by atoms with E-state index in [9.17, 15) is 4.79 Å². The summed E-state index contributed by atoms with van der Waals surface area (Å²) in [6, 6.07) is 15.3. The fourth-order valence-corrected chi connectivity index (χ4v) is 3.62. The van der Waals surface area contributed by atoms with Gasteiger partial charge in [-0.2, -0.15) is 0 Å². The monoisotopic (exact) mass is 360 g/mol. The minimum absolute atomic E-state index is 0.261. The molecule has 0 saturated heterocycles. The molecule has 0 bridgehead atoms. The van der Waals surface area contributed by atoms with E-state index in [1.165, 1.54) is 11.8 Å². The topological polar surface area (TPSA) is 55.0 Å². The third-order valence-electron chi connectivity index (χ3n) is 3.53. The van der Waals surface area contributed by atoms with Crippen molar-refractivity contribution in [3.63, 3.8) is 0 Å². The lowest BCUT2D eigenvalue weighted by molar-refractivity contribution is -0.142. The fourth-order valence-electron chi connectivity index (χ4n) is 2.39. The minimum atomic E-state index is -0.412. The number of halogens is 1. The van der Waals surface area contributed by atoms with E-state index >= 15 is 0 Å². The van der Waals surface area contributed by atoms with E-state index in [-0.39, 0.29) is 5.97 Å². The van der Waals surface area contributed by atoms with Gasteiger partial charge in [-0.25, -0.2) is 4.98 Å². The van der Waals surface area contributed by atoms with E-state index in [0.29, 0.717) is 23.2 Å². The lowest BCUT2D eigenvalue weighted by Gasteiger charge is -2.14. The van der Waals surface area contributed by atoms with Gasteiger partial charge < -0.3 is 9.72 Å². The fraction of sp³-hybridized carbons (Fsp3) is 0.222. The molecule has 24 heavy (non-hydrogen) atoms. The minimum Gasteiger partial charge on any atom is -0.465 e. The van der Waals surface area contributed by atoms with Gasteiger partial charge in [0.1, 0.15) is 5.25 Å². The maximum absolute atomic E-state index is 12.4. The van der Waals surface area contributed by atoms with E-state index in [1.54, 1.807) is 6.92 Å². The molecule has 0 aliphatic carbocycles. The van der Waals surface area contributed by atoms with Crippen LogP contribution < -0.4 is 0 Å². The number of carbonyl (C=O) groups excluding carboxylic acids is 1. The molecule has 0 aliphatic rings. The summed E-state index contributed by atoms with van der Waals surface area (Å²) in [7, 11) is 0. The Hall–Kier alpha value is -1.98. The summed E-state index contributed by atoms with van der Waals surface area (Å²) in [5.41, 5.74) is 2.74. The molecule has 6 heteroatoms. The normalized spacial score (nSPS) is 12.2. The van der Waals surface area contributed by atoms with Crippen molar-refractivity contribution in [1.29, 1.82) is 0 Å². The van der Waals surface area contributed by atoms with Crippen molar-refractivity contribution >= 4 is 40.4 Å². The van der Waals surface area contributed by atoms with Gasteiger partial charge in [0.05, 0.1) is 17.6 Å². The number of esters is 1. The predicted molar refractivity (Wildman–Crippen MR) is 97.5 cm³/mol. The molecule has 1 heterocycles. The first-order chi connectivity index (χ1) is 11.7. The van der Waals surface area contributed by atoms with Crippen molar-refractivity contribution in [2.45, 2.75) is 23.8 Å². The lowest BCUT2D eigenvalue weighted by atomic mass is 10.1. The number of H-pyrrole nitrogens is 1. The molecule has 0 unspecified atom stereocenters. The van der Waals surface area contributed by atoms with E-state index < -0.39 is 5.25 Å². The number of hydrogen-bond acceptors (Lipinski definition) is 4. The molecule has 1 aromatic heterocycles. The summed E-state index contributed by atoms with van der Waals surface area (Å²) in [4.78, 5) is 20.1. The van der Waals surface area contributed by atoms with Gasteiger partial charge in [0, 0.05) is 5.02 Å². The van der Waals surface area contributed by atoms with Crippen LogP contribution in [0.5, 0.6) is 0 Å². The molecule has 0 spiro atoms. The molecule has 3 aromatic rings. The zero-order valence-electron chi connectivity index (χ0n) is 13.2. The SMILES string of the molecule is CCOC(=O)[C@H](Cc1ccccc1Cl)Sc1nc2ccccc2[nH]1. The summed E-state index contributed by atoms with van der Waals surface area (Å²) in [5, 5.41) is 0.934. The number of fused-ring (bicyclic) bond motifs is 1. The largest absolute Gasteiger partial charge is 0.465 e.